The number of nitrogen functional groups attached to an aromatic ring is 1. The van der Waals surface area contributed by atoms with Crippen molar-refractivity contribution in [2.45, 2.75) is 11.8 Å². The first-order valence-corrected chi connectivity index (χ1v) is 8.56. The van der Waals surface area contributed by atoms with Crippen LogP contribution in [-0.4, -0.2) is 38.2 Å². The summed E-state index contributed by atoms with van der Waals surface area (Å²) in [5.74, 6) is -1.95. The summed E-state index contributed by atoms with van der Waals surface area (Å²) >= 11 is 0. The quantitative estimate of drug-likeness (QED) is 0.126. The molecule has 0 atom stereocenters. The Labute approximate surface area is 153 Å². The number of ketones is 1. The van der Waals surface area contributed by atoms with E-state index >= 15 is 0 Å². The number of nitrogens with two attached hydrogens (primary N) is 2. The fourth-order valence-electron chi connectivity index (χ4n) is 1.73. The lowest BCUT2D eigenvalue weighted by molar-refractivity contribution is -0.384. The van der Waals surface area contributed by atoms with Gasteiger partial charge >= 0.3 is 5.97 Å². The molecule has 13 heteroatoms. The standard InChI is InChI=1S/C14H15N5O7S/c1-8(16)10(5-15)13(20)7-26-14(21)6-18-27(24,25)9-2-3-11(17)12(4-9)19(22)23/h2-4,18H,6-7,16-17H2,1H3. The number of Topliss-reactive ketones (excluding diaryl/α,β-unsaturated/α-hetero) is 1. The Bertz CT molecular complexity index is 959. The van der Waals surface area contributed by atoms with Crippen molar-refractivity contribution in [3.8, 4) is 6.07 Å². The molecule has 144 valence electrons. The Morgan fingerprint density at radius 2 is 2.04 bits per heavy atom. The summed E-state index contributed by atoms with van der Waals surface area (Å²) in [5, 5.41) is 19.6. The molecule has 1 rings (SSSR count). The minimum atomic E-state index is -4.28. The van der Waals surface area contributed by atoms with Crippen LogP contribution < -0.4 is 16.2 Å². The second kappa shape index (κ2) is 8.74. The number of benzene rings is 1. The lowest BCUT2D eigenvalue weighted by atomic mass is 10.1. The number of nitro benzene ring substituents is 1. The number of anilines is 1. The highest BCUT2D eigenvalue weighted by Crippen LogP contribution is 2.24. The van der Waals surface area contributed by atoms with E-state index in [2.05, 4.69) is 4.74 Å². The summed E-state index contributed by atoms with van der Waals surface area (Å²) in [6.45, 7) is -0.329. The number of nitro groups is 1. The molecule has 12 nitrogen and oxygen atoms in total. The minimum Gasteiger partial charge on any atom is -0.456 e. The maximum absolute atomic E-state index is 12.1. The van der Waals surface area contributed by atoms with Gasteiger partial charge < -0.3 is 16.2 Å². The van der Waals surface area contributed by atoms with E-state index in [0.717, 1.165) is 18.2 Å². The lowest BCUT2D eigenvalue weighted by Gasteiger charge is -2.08. The maximum atomic E-state index is 12.1. The van der Waals surface area contributed by atoms with Gasteiger partial charge in [-0.1, -0.05) is 0 Å². The van der Waals surface area contributed by atoms with Gasteiger partial charge in [0, 0.05) is 11.8 Å². The van der Waals surface area contributed by atoms with Crippen LogP contribution in [0.4, 0.5) is 11.4 Å². The van der Waals surface area contributed by atoms with Crippen LogP contribution in [0, 0.1) is 21.4 Å². The number of hydrogen-bond acceptors (Lipinski definition) is 10. The van der Waals surface area contributed by atoms with Gasteiger partial charge in [0.2, 0.25) is 15.8 Å². The number of nitriles is 1. The predicted molar refractivity (Wildman–Crippen MR) is 91.2 cm³/mol. The highest BCUT2D eigenvalue weighted by atomic mass is 32.2. The van der Waals surface area contributed by atoms with Crippen molar-refractivity contribution in [2.24, 2.45) is 5.73 Å². The SMILES string of the molecule is CC(N)=C(C#N)C(=O)COC(=O)CNS(=O)(=O)c1ccc(N)c([N+](=O)[O-])c1. The molecule has 1 aromatic rings. The van der Waals surface area contributed by atoms with Crippen LogP contribution in [-0.2, 0) is 24.3 Å². The average molecular weight is 397 g/mol. The third-order valence-electron chi connectivity index (χ3n) is 3.06. The smallest absolute Gasteiger partial charge is 0.321 e. The normalized spacial score (nSPS) is 11.9. The summed E-state index contributed by atoms with van der Waals surface area (Å²) in [4.78, 5) is 32.7. The van der Waals surface area contributed by atoms with Gasteiger partial charge in [0.15, 0.2) is 6.61 Å². The highest BCUT2D eigenvalue weighted by Gasteiger charge is 2.22. The number of hydrogen-bond donors (Lipinski definition) is 3. The monoisotopic (exact) mass is 397 g/mol. The zero-order valence-electron chi connectivity index (χ0n) is 14.0. The lowest BCUT2D eigenvalue weighted by Crippen LogP contribution is -2.31. The van der Waals surface area contributed by atoms with E-state index < -0.39 is 50.4 Å². The number of esters is 1. The van der Waals surface area contributed by atoms with Crippen molar-refractivity contribution < 1.29 is 27.7 Å². The Morgan fingerprint density at radius 3 is 2.56 bits per heavy atom. The molecule has 0 aliphatic rings. The van der Waals surface area contributed by atoms with E-state index in [-0.39, 0.29) is 17.0 Å². The molecule has 0 aliphatic carbocycles. The summed E-state index contributed by atoms with van der Waals surface area (Å²) in [6, 6.07) is 4.35. The zero-order chi connectivity index (χ0) is 20.8. The third kappa shape index (κ3) is 5.76. The second-order valence-corrected chi connectivity index (χ2v) is 6.82. The van der Waals surface area contributed by atoms with Crippen molar-refractivity contribution in [3.63, 3.8) is 0 Å². The van der Waals surface area contributed by atoms with E-state index in [0.29, 0.717) is 0 Å². The number of nitrogens with zero attached hydrogens (tertiary/aromatic N) is 2. The molecule has 0 aromatic heterocycles. The number of nitrogens with one attached hydrogen (secondary N) is 1. The van der Waals surface area contributed by atoms with Crippen molar-refractivity contribution in [1.82, 2.24) is 4.72 Å². The highest BCUT2D eigenvalue weighted by molar-refractivity contribution is 7.89. The molecule has 1 aromatic carbocycles. The molecular formula is C14H15N5O7S. The Kier molecular flexibility index (Phi) is 6.97. The molecule has 0 saturated carbocycles. The van der Waals surface area contributed by atoms with Gasteiger partial charge in [0.25, 0.3) is 5.69 Å². The maximum Gasteiger partial charge on any atom is 0.321 e. The van der Waals surface area contributed by atoms with E-state index in [4.69, 9.17) is 16.7 Å². The molecule has 0 radical (unpaired) electrons. The van der Waals surface area contributed by atoms with E-state index in [1.807, 2.05) is 4.72 Å². The van der Waals surface area contributed by atoms with E-state index in [9.17, 15) is 28.1 Å². The van der Waals surface area contributed by atoms with Crippen LogP contribution in [0.5, 0.6) is 0 Å². The first kappa shape index (κ1) is 21.5. The van der Waals surface area contributed by atoms with Crippen LogP contribution in [0.15, 0.2) is 34.4 Å². The van der Waals surface area contributed by atoms with Crippen molar-refractivity contribution in [1.29, 1.82) is 5.26 Å². The third-order valence-corrected chi connectivity index (χ3v) is 4.46. The number of carbonyl (C=O) groups excluding carboxylic acids is 2. The van der Waals surface area contributed by atoms with E-state index in [1.54, 1.807) is 6.07 Å². The Hall–Kier alpha value is -3.50. The van der Waals surface area contributed by atoms with Gasteiger partial charge in [-0.2, -0.15) is 9.98 Å². The first-order chi connectivity index (χ1) is 12.5. The minimum absolute atomic E-state index is 0.0517. The molecule has 0 heterocycles. The van der Waals surface area contributed by atoms with Gasteiger partial charge in [0.1, 0.15) is 23.9 Å². The molecule has 0 spiro atoms. The molecule has 0 amide bonds. The number of sulfonamides is 1. The largest absolute Gasteiger partial charge is 0.456 e. The molecular weight excluding hydrogens is 382 g/mol. The van der Waals surface area contributed by atoms with Crippen LogP contribution in [0.1, 0.15) is 6.92 Å². The fourth-order valence-corrected chi connectivity index (χ4v) is 2.71. The molecule has 0 saturated heterocycles. The first-order valence-electron chi connectivity index (χ1n) is 7.08. The zero-order valence-corrected chi connectivity index (χ0v) is 14.8. The van der Waals surface area contributed by atoms with Crippen molar-refractivity contribution >= 4 is 33.2 Å². The van der Waals surface area contributed by atoms with Gasteiger partial charge in [-0.05, 0) is 19.1 Å². The fraction of sp³-hybridized carbons (Fsp3) is 0.214. The van der Waals surface area contributed by atoms with Crippen LogP contribution in [0.3, 0.4) is 0 Å². The van der Waals surface area contributed by atoms with Gasteiger partial charge in [0.05, 0.1) is 9.82 Å². The van der Waals surface area contributed by atoms with Crippen LogP contribution >= 0.6 is 0 Å². The molecule has 0 bridgehead atoms. The topological polar surface area (TPSA) is 209 Å². The molecule has 27 heavy (non-hydrogen) atoms. The summed E-state index contributed by atoms with van der Waals surface area (Å²) in [5.41, 5.74) is 9.44. The van der Waals surface area contributed by atoms with Crippen LogP contribution in [0.2, 0.25) is 0 Å². The number of carbonyl (C=O) groups is 2. The molecule has 5 N–H and O–H groups in total. The number of ether oxygens (including phenoxy) is 1. The molecule has 0 fully saturated rings. The van der Waals surface area contributed by atoms with Crippen LogP contribution in [0.25, 0.3) is 0 Å². The second-order valence-electron chi connectivity index (χ2n) is 5.06. The van der Waals surface area contributed by atoms with Crippen molar-refractivity contribution in [2.75, 3.05) is 18.9 Å². The molecule has 0 unspecified atom stereocenters. The Morgan fingerprint density at radius 1 is 1.41 bits per heavy atom. The predicted octanol–water partition coefficient (Wildman–Crippen LogP) is -0.676. The number of allylic oxidation sites excluding steroid dienone is 1. The summed E-state index contributed by atoms with van der Waals surface area (Å²) in [7, 11) is -4.28. The van der Waals surface area contributed by atoms with Gasteiger partial charge in [-0.3, -0.25) is 19.7 Å². The van der Waals surface area contributed by atoms with E-state index in [1.165, 1.54) is 6.92 Å². The van der Waals surface area contributed by atoms with Crippen molar-refractivity contribution in [3.05, 3.63) is 39.6 Å². The summed E-state index contributed by atoms with van der Waals surface area (Å²) < 4.78 is 30.6. The summed E-state index contributed by atoms with van der Waals surface area (Å²) in [6.07, 6.45) is 0. The number of rotatable bonds is 8. The average Bonchev–Trinajstić information content (AvgIpc) is 2.58. The molecule has 0 aliphatic heterocycles. The Balaban J connectivity index is 2.75. The van der Waals surface area contributed by atoms with Gasteiger partial charge in [-0.25, -0.2) is 8.42 Å². The van der Waals surface area contributed by atoms with Gasteiger partial charge in [-0.15, -0.1) is 0 Å².